The highest BCUT2D eigenvalue weighted by molar-refractivity contribution is 4.90. The number of nitrogens with zero attached hydrogens (tertiary/aromatic N) is 1. The Bertz CT molecular complexity index is 204. The normalized spacial score (nSPS) is 31.7. The fourth-order valence-corrected chi connectivity index (χ4v) is 3.01. The number of ether oxygens (including phenoxy) is 1. The molecule has 2 atom stereocenters. The van der Waals surface area contributed by atoms with Gasteiger partial charge in [-0.3, -0.25) is 4.90 Å². The van der Waals surface area contributed by atoms with Crippen LogP contribution in [-0.4, -0.2) is 49.3 Å². The van der Waals surface area contributed by atoms with E-state index in [-0.39, 0.29) is 0 Å². The van der Waals surface area contributed by atoms with E-state index in [4.69, 9.17) is 4.74 Å². The molecule has 2 heterocycles. The topological polar surface area (TPSA) is 24.5 Å². The van der Waals surface area contributed by atoms with Gasteiger partial charge in [0.1, 0.15) is 0 Å². The first-order chi connectivity index (χ1) is 7.85. The average molecular weight is 226 g/mol. The van der Waals surface area contributed by atoms with E-state index in [9.17, 15) is 0 Å². The van der Waals surface area contributed by atoms with Gasteiger partial charge in [0.2, 0.25) is 0 Å². The van der Waals surface area contributed by atoms with Gasteiger partial charge in [0.25, 0.3) is 0 Å². The molecule has 0 amide bonds. The Morgan fingerprint density at radius 3 is 2.62 bits per heavy atom. The van der Waals surface area contributed by atoms with Crippen LogP contribution >= 0.6 is 0 Å². The van der Waals surface area contributed by atoms with E-state index in [1.54, 1.807) is 0 Å². The first kappa shape index (κ1) is 12.3. The first-order valence-corrected chi connectivity index (χ1v) is 6.93. The van der Waals surface area contributed by atoms with Crippen molar-refractivity contribution < 1.29 is 4.74 Å². The van der Waals surface area contributed by atoms with Gasteiger partial charge in [0, 0.05) is 31.8 Å². The van der Waals surface area contributed by atoms with Crippen molar-refractivity contribution in [3.05, 3.63) is 0 Å². The van der Waals surface area contributed by atoms with Gasteiger partial charge in [-0.15, -0.1) is 0 Å². The van der Waals surface area contributed by atoms with Gasteiger partial charge < -0.3 is 10.1 Å². The zero-order chi connectivity index (χ0) is 11.4. The Morgan fingerprint density at radius 2 is 2.06 bits per heavy atom. The SMILES string of the molecule is CCCC1CC(N(CC)C2CNC2)CCO1. The maximum absolute atomic E-state index is 5.83. The molecule has 0 aliphatic carbocycles. The van der Waals surface area contributed by atoms with Crippen LogP contribution in [0.25, 0.3) is 0 Å². The fraction of sp³-hybridized carbons (Fsp3) is 1.00. The van der Waals surface area contributed by atoms with Gasteiger partial charge in [-0.05, 0) is 25.8 Å². The van der Waals surface area contributed by atoms with Crippen LogP contribution < -0.4 is 5.32 Å². The molecule has 0 radical (unpaired) electrons. The number of hydrogen-bond acceptors (Lipinski definition) is 3. The fourth-order valence-electron chi connectivity index (χ4n) is 3.01. The predicted molar refractivity (Wildman–Crippen MR) is 66.7 cm³/mol. The van der Waals surface area contributed by atoms with E-state index in [0.717, 1.165) is 18.7 Å². The van der Waals surface area contributed by atoms with Crippen LogP contribution in [0.3, 0.4) is 0 Å². The monoisotopic (exact) mass is 226 g/mol. The Balaban J connectivity index is 1.85. The standard InChI is InChI=1S/C13H26N2O/c1-3-5-13-8-11(6-7-16-13)15(4-2)12-9-14-10-12/h11-14H,3-10H2,1-2H3. The lowest BCUT2D eigenvalue weighted by atomic mass is 9.96. The van der Waals surface area contributed by atoms with Gasteiger partial charge >= 0.3 is 0 Å². The summed E-state index contributed by atoms with van der Waals surface area (Å²) in [7, 11) is 0. The van der Waals surface area contributed by atoms with Crippen molar-refractivity contribution in [1.82, 2.24) is 10.2 Å². The largest absolute Gasteiger partial charge is 0.378 e. The summed E-state index contributed by atoms with van der Waals surface area (Å²) in [5.41, 5.74) is 0. The third kappa shape index (κ3) is 2.76. The lowest BCUT2D eigenvalue weighted by Gasteiger charge is -2.45. The van der Waals surface area contributed by atoms with Crippen molar-refractivity contribution in [2.75, 3.05) is 26.2 Å². The highest BCUT2D eigenvalue weighted by Gasteiger charge is 2.32. The zero-order valence-corrected chi connectivity index (χ0v) is 10.7. The van der Waals surface area contributed by atoms with Crippen LogP contribution in [0.1, 0.15) is 39.5 Å². The summed E-state index contributed by atoms with van der Waals surface area (Å²) in [6.45, 7) is 9.07. The van der Waals surface area contributed by atoms with Crippen LogP contribution in [0, 0.1) is 0 Å². The van der Waals surface area contributed by atoms with Gasteiger partial charge in [-0.1, -0.05) is 20.3 Å². The molecule has 2 aliphatic heterocycles. The second kappa shape index (κ2) is 5.99. The van der Waals surface area contributed by atoms with Crippen molar-refractivity contribution in [3.8, 4) is 0 Å². The van der Waals surface area contributed by atoms with Crippen molar-refractivity contribution >= 4 is 0 Å². The molecule has 16 heavy (non-hydrogen) atoms. The summed E-state index contributed by atoms with van der Waals surface area (Å²) >= 11 is 0. The Hall–Kier alpha value is -0.120. The molecule has 0 spiro atoms. The van der Waals surface area contributed by atoms with Crippen molar-refractivity contribution in [3.63, 3.8) is 0 Å². The molecule has 0 aromatic carbocycles. The number of nitrogens with one attached hydrogen (secondary N) is 1. The first-order valence-electron chi connectivity index (χ1n) is 6.93. The predicted octanol–water partition coefficient (Wildman–Crippen LogP) is 1.63. The maximum atomic E-state index is 5.83. The average Bonchev–Trinajstić information content (AvgIpc) is 2.24. The van der Waals surface area contributed by atoms with E-state index < -0.39 is 0 Å². The summed E-state index contributed by atoms with van der Waals surface area (Å²) < 4.78 is 5.83. The molecule has 94 valence electrons. The lowest BCUT2D eigenvalue weighted by molar-refractivity contribution is -0.0440. The second-order valence-electron chi connectivity index (χ2n) is 5.10. The zero-order valence-electron chi connectivity index (χ0n) is 10.7. The van der Waals surface area contributed by atoms with Crippen molar-refractivity contribution in [2.45, 2.75) is 57.7 Å². The molecular weight excluding hydrogens is 200 g/mol. The van der Waals surface area contributed by atoms with E-state index >= 15 is 0 Å². The van der Waals surface area contributed by atoms with E-state index in [1.807, 2.05) is 0 Å². The highest BCUT2D eigenvalue weighted by Crippen LogP contribution is 2.24. The smallest absolute Gasteiger partial charge is 0.0590 e. The van der Waals surface area contributed by atoms with E-state index in [1.165, 1.54) is 45.3 Å². The quantitative estimate of drug-likeness (QED) is 0.771. The van der Waals surface area contributed by atoms with Crippen LogP contribution in [0.15, 0.2) is 0 Å². The van der Waals surface area contributed by atoms with Gasteiger partial charge in [-0.2, -0.15) is 0 Å². The Morgan fingerprint density at radius 1 is 1.25 bits per heavy atom. The lowest BCUT2D eigenvalue weighted by Crippen LogP contribution is -2.61. The molecule has 2 aliphatic rings. The molecule has 0 aromatic heterocycles. The van der Waals surface area contributed by atoms with Gasteiger partial charge in [0.05, 0.1) is 6.10 Å². The third-order valence-corrected chi connectivity index (χ3v) is 4.01. The summed E-state index contributed by atoms with van der Waals surface area (Å²) in [5, 5.41) is 3.38. The molecule has 2 unspecified atom stereocenters. The minimum atomic E-state index is 0.519. The maximum Gasteiger partial charge on any atom is 0.0590 e. The molecule has 0 bridgehead atoms. The summed E-state index contributed by atoms with van der Waals surface area (Å²) in [4.78, 5) is 2.70. The number of rotatable bonds is 5. The van der Waals surface area contributed by atoms with Crippen molar-refractivity contribution in [1.29, 1.82) is 0 Å². The van der Waals surface area contributed by atoms with Crippen molar-refractivity contribution in [2.24, 2.45) is 0 Å². The molecule has 1 N–H and O–H groups in total. The molecule has 2 saturated heterocycles. The molecular formula is C13H26N2O. The van der Waals surface area contributed by atoms with Crippen LogP contribution in [0.4, 0.5) is 0 Å². The van der Waals surface area contributed by atoms with E-state index in [2.05, 4.69) is 24.1 Å². The summed E-state index contributed by atoms with van der Waals surface area (Å²) in [6, 6.07) is 1.55. The minimum absolute atomic E-state index is 0.519. The van der Waals surface area contributed by atoms with Gasteiger partial charge in [-0.25, -0.2) is 0 Å². The molecule has 2 fully saturated rings. The number of likely N-dealkylation sites (N-methyl/N-ethyl adjacent to an activating group) is 1. The minimum Gasteiger partial charge on any atom is -0.378 e. The molecule has 2 rings (SSSR count). The highest BCUT2D eigenvalue weighted by atomic mass is 16.5. The van der Waals surface area contributed by atoms with E-state index in [0.29, 0.717) is 6.10 Å². The summed E-state index contributed by atoms with van der Waals surface area (Å²) in [5.74, 6) is 0. The second-order valence-corrected chi connectivity index (χ2v) is 5.10. The molecule has 3 heteroatoms. The molecule has 0 aromatic rings. The Labute approximate surface area is 99.5 Å². The molecule has 3 nitrogen and oxygen atoms in total. The van der Waals surface area contributed by atoms with Gasteiger partial charge in [0.15, 0.2) is 0 Å². The summed E-state index contributed by atoms with van der Waals surface area (Å²) in [6.07, 6.45) is 5.47. The molecule has 0 saturated carbocycles. The van der Waals surface area contributed by atoms with Crippen LogP contribution in [-0.2, 0) is 4.74 Å². The number of hydrogen-bond donors (Lipinski definition) is 1. The Kier molecular flexibility index (Phi) is 4.62. The third-order valence-electron chi connectivity index (χ3n) is 4.01. The van der Waals surface area contributed by atoms with Crippen LogP contribution in [0.2, 0.25) is 0 Å². The van der Waals surface area contributed by atoms with Crippen LogP contribution in [0.5, 0.6) is 0 Å².